The van der Waals surface area contributed by atoms with E-state index in [1.54, 1.807) is 45.6 Å². The number of methoxy groups -OCH3 is 3. The summed E-state index contributed by atoms with van der Waals surface area (Å²) in [5.74, 6) is 1.22. The van der Waals surface area contributed by atoms with Gasteiger partial charge in [0.05, 0.1) is 20.8 Å². The van der Waals surface area contributed by atoms with Crippen molar-refractivity contribution in [1.82, 2.24) is 10.2 Å². The van der Waals surface area contributed by atoms with E-state index in [4.69, 9.17) is 18.6 Å². The minimum Gasteiger partial charge on any atom is -0.493 e. The number of carbonyl (C=O) groups is 1. The largest absolute Gasteiger partial charge is 0.493 e. The highest BCUT2D eigenvalue weighted by atomic mass is 16.5. The fourth-order valence-corrected chi connectivity index (χ4v) is 1.87. The van der Waals surface area contributed by atoms with Crippen molar-refractivity contribution in [2.75, 3.05) is 33.3 Å². The highest BCUT2D eigenvalue weighted by molar-refractivity contribution is 6.00. The van der Waals surface area contributed by atoms with Crippen molar-refractivity contribution in [3.05, 3.63) is 35.7 Å². The smallest absolute Gasteiger partial charge is 0.322 e. The van der Waals surface area contributed by atoms with Crippen LogP contribution in [0.25, 0.3) is 6.08 Å². The Morgan fingerprint density at radius 3 is 2.71 bits per heavy atom. The minimum absolute atomic E-state index is 0.0445. The van der Waals surface area contributed by atoms with Gasteiger partial charge >= 0.3 is 6.01 Å². The summed E-state index contributed by atoms with van der Waals surface area (Å²) in [6.07, 6.45) is 3.49. The molecule has 24 heavy (non-hydrogen) atoms. The van der Waals surface area contributed by atoms with Crippen LogP contribution in [-0.4, -0.2) is 44.0 Å². The number of nitrogens with zero attached hydrogens (tertiary/aromatic N) is 2. The van der Waals surface area contributed by atoms with Crippen molar-refractivity contribution in [2.24, 2.45) is 0 Å². The molecule has 1 heterocycles. The molecule has 8 heteroatoms. The molecule has 128 valence electrons. The number of hydrogen-bond acceptors (Lipinski definition) is 7. The molecule has 0 spiro atoms. The number of amides is 1. The molecule has 0 aliphatic rings. The van der Waals surface area contributed by atoms with Crippen LogP contribution in [0.1, 0.15) is 11.5 Å². The summed E-state index contributed by atoms with van der Waals surface area (Å²) in [5.41, 5.74) is 0.786. The van der Waals surface area contributed by atoms with Crippen LogP contribution in [0.5, 0.6) is 11.5 Å². The Hall–Kier alpha value is -2.87. The number of anilines is 1. The average molecular weight is 333 g/mol. The fraction of sp³-hybridized carbons (Fsp3) is 0.312. The van der Waals surface area contributed by atoms with Crippen LogP contribution < -0.4 is 14.8 Å². The molecule has 1 N–H and O–H groups in total. The molecular weight excluding hydrogens is 314 g/mol. The monoisotopic (exact) mass is 333 g/mol. The number of carbonyl (C=O) groups excluding carboxylic acids is 1. The second-order valence-electron chi connectivity index (χ2n) is 4.68. The molecule has 0 fully saturated rings. The van der Waals surface area contributed by atoms with Gasteiger partial charge in [-0.2, -0.15) is 0 Å². The maximum atomic E-state index is 11.9. The zero-order valence-corrected chi connectivity index (χ0v) is 13.7. The van der Waals surface area contributed by atoms with Crippen LogP contribution in [0.4, 0.5) is 6.01 Å². The molecule has 2 rings (SSSR count). The molecule has 1 amide bonds. The molecule has 0 aliphatic carbocycles. The molecule has 0 atom stereocenters. The first-order valence-electron chi connectivity index (χ1n) is 7.18. The third-order valence-electron chi connectivity index (χ3n) is 3.05. The van der Waals surface area contributed by atoms with Gasteiger partial charge < -0.3 is 18.6 Å². The lowest BCUT2D eigenvalue weighted by molar-refractivity contribution is -0.112. The number of hydrogen-bond donors (Lipinski definition) is 1. The Kier molecular flexibility index (Phi) is 6.32. The lowest BCUT2D eigenvalue weighted by atomic mass is 10.2. The number of benzene rings is 1. The van der Waals surface area contributed by atoms with Crippen molar-refractivity contribution in [1.29, 1.82) is 0 Å². The van der Waals surface area contributed by atoms with Crippen molar-refractivity contribution >= 4 is 18.0 Å². The van der Waals surface area contributed by atoms with Gasteiger partial charge in [-0.15, -0.1) is 5.10 Å². The summed E-state index contributed by atoms with van der Waals surface area (Å²) < 4.78 is 20.6. The average Bonchev–Trinajstić information content (AvgIpc) is 3.05. The molecule has 1 aromatic carbocycles. The fourth-order valence-electron chi connectivity index (χ4n) is 1.87. The first-order valence-corrected chi connectivity index (χ1v) is 7.18. The molecular formula is C16H19N3O5. The third-order valence-corrected chi connectivity index (χ3v) is 3.05. The molecule has 2 aromatic rings. The Balaban J connectivity index is 1.96. The first-order chi connectivity index (χ1) is 11.7. The topological polar surface area (TPSA) is 95.7 Å². The number of ether oxygens (including phenoxy) is 3. The molecule has 0 saturated carbocycles. The predicted molar refractivity (Wildman–Crippen MR) is 87.1 cm³/mol. The predicted octanol–water partition coefficient (Wildman–Crippen LogP) is 1.93. The van der Waals surface area contributed by atoms with E-state index in [-0.39, 0.29) is 11.9 Å². The highest BCUT2D eigenvalue weighted by Gasteiger charge is 2.08. The van der Waals surface area contributed by atoms with Gasteiger partial charge in [-0.05, 0) is 23.8 Å². The summed E-state index contributed by atoms with van der Waals surface area (Å²) >= 11 is 0. The molecule has 0 bridgehead atoms. The molecule has 8 nitrogen and oxygen atoms in total. The van der Waals surface area contributed by atoms with E-state index in [0.29, 0.717) is 30.4 Å². The zero-order valence-electron chi connectivity index (χ0n) is 13.7. The SMILES string of the molecule is COCCc1nnc(NC(=O)C=Cc2ccc(OC)c(OC)c2)o1. The maximum Gasteiger partial charge on any atom is 0.322 e. The van der Waals surface area contributed by atoms with Crippen LogP contribution >= 0.6 is 0 Å². The number of nitrogens with one attached hydrogen (secondary N) is 1. The van der Waals surface area contributed by atoms with E-state index in [9.17, 15) is 4.79 Å². The number of aromatic nitrogens is 2. The van der Waals surface area contributed by atoms with Gasteiger partial charge in [0.2, 0.25) is 5.89 Å². The first kappa shape index (κ1) is 17.5. The standard InChI is InChI=1S/C16H19N3O5/c1-21-9-8-15-18-19-16(24-15)17-14(20)7-5-11-4-6-12(22-2)13(10-11)23-3/h4-7,10H,8-9H2,1-3H3,(H,17,19,20). The van der Waals surface area contributed by atoms with Gasteiger partial charge in [0, 0.05) is 19.6 Å². The molecule has 0 unspecified atom stereocenters. The summed E-state index contributed by atoms with van der Waals surface area (Å²) in [6, 6.07) is 5.37. The molecule has 0 saturated heterocycles. The molecule has 0 radical (unpaired) electrons. The van der Waals surface area contributed by atoms with Gasteiger partial charge in [0.1, 0.15) is 0 Å². The Morgan fingerprint density at radius 1 is 1.21 bits per heavy atom. The van der Waals surface area contributed by atoms with Crippen molar-refractivity contribution in [3.63, 3.8) is 0 Å². The van der Waals surface area contributed by atoms with Gasteiger partial charge in [-0.3, -0.25) is 10.1 Å². The van der Waals surface area contributed by atoms with Crippen LogP contribution in [0, 0.1) is 0 Å². The summed E-state index contributed by atoms with van der Waals surface area (Å²) in [7, 11) is 4.69. The van der Waals surface area contributed by atoms with Gasteiger partial charge in [-0.1, -0.05) is 11.2 Å². The lowest BCUT2D eigenvalue weighted by Crippen LogP contribution is -2.07. The van der Waals surface area contributed by atoms with E-state index >= 15 is 0 Å². The second kappa shape index (κ2) is 8.68. The van der Waals surface area contributed by atoms with Gasteiger partial charge in [-0.25, -0.2) is 0 Å². The van der Waals surface area contributed by atoms with Gasteiger partial charge in [0.15, 0.2) is 11.5 Å². The summed E-state index contributed by atoms with van der Waals surface area (Å²) in [5, 5.41) is 10.0. The van der Waals surface area contributed by atoms with Crippen LogP contribution in [-0.2, 0) is 16.0 Å². The third kappa shape index (κ3) is 4.82. The summed E-state index contributed by atoms with van der Waals surface area (Å²) in [4.78, 5) is 11.9. The van der Waals surface area contributed by atoms with E-state index in [2.05, 4.69) is 15.5 Å². The minimum atomic E-state index is -0.383. The van der Waals surface area contributed by atoms with E-state index < -0.39 is 0 Å². The van der Waals surface area contributed by atoms with E-state index in [1.807, 2.05) is 0 Å². The van der Waals surface area contributed by atoms with Crippen LogP contribution in [0.2, 0.25) is 0 Å². The zero-order chi connectivity index (χ0) is 17.4. The Bertz CT molecular complexity index is 711. The second-order valence-corrected chi connectivity index (χ2v) is 4.68. The molecule has 0 aliphatic heterocycles. The van der Waals surface area contributed by atoms with Crippen molar-refractivity contribution in [3.8, 4) is 11.5 Å². The van der Waals surface area contributed by atoms with E-state index in [1.165, 1.54) is 6.08 Å². The summed E-state index contributed by atoms with van der Waals surface area (Å²) in [6.45, 7) is 0.467. The molecule has 1 aromatic heterocycles. The highest BCUT2D eigenvalue weighted by Crippen LogP contribution is 2.27. The van der Waals surface area contributed by atoms with Crippen LogP contribution in [0.3, 0.4) is 0 Å². The Labute approximate surface area is 139 Å². The lowest BCUT2D eigenvalue weighted by Gasteiger charge is -2.07. The van der Waals surface area contributed by atoms with Crippen molar-refractivity contribution in [2.45, 2.75) is 6.42 Å². The van der Waals surface area contributed by atoms with Gasteiger partial charge in [0.25, 0.3) is 5.91 Å². The quantitative estimate of drug-likeness (QED) is 0.737. The van der Waals surface area contributed by atoms with Crippen LogP contribution in [0.15, 0.2) is 28.7 Å². The van der Waals surface area contributed by atoms with Crippen molar-refractivity contribution < 1.29 is 23.4 Å². The Morgan fingerprint density at radius 2 is 2.00 bits per heavy atom. The number of rotatable bonds is 8. The normalized spacial score (nSPS) is 10.8. The maximum absolute atomic E-state index is 11.9. The van der Waals surface area contributed by atoms with E-state index in [0.717, 1.165) is 5.56 Å².